The maximum absolute atomic E-state index is 13.1. The van der Waals surface area contributed by atoms with Crippen LogP contribution >= 0.6 is 0 Å². The van der Waals surface area contributed by atoms with E-state index in [1.54, 1.807) is 6.92 Å². The number of aryl methyl sites for hydroxylation is 1. The van der Waals surface area contributed by atoms with E-state index in [0.29, 0.717) is 23.2 Å². The predicted octanol–water partition coefficient (Wildman–Crippen LogP) is 5.64. The summed E-state index contributed by atoms with van der Waals surface area (Å²) in [6.07, 6.45) is -0.611. The number of hydrogen-bond donors (Lipinski definition) is 0. The summed E-state index contributed by atoms with van der Waals surface area (Å²) in [5.74, 6) is -0.0950. The SMILES string of the molecule is Cc1cc(C(F)(F)F)ccc1C(=O)C1CC2CCC(C1)N2Cc1ccccc1. The van der Waals surface area contributed by atoms with Crippen molar-refractivity contribution < 1.29 is 18.0 Å². The fourth-order valence-corrected chi connectivity index (χ4v) is 4.88. The fraction of sp³-hybridized carbons (Fsp3) is 0.435. The molecule has 2 bridgehead atoms. The van der Waals surface area contributed by atoms with Gasteiger partial charge in [-0.05, 0) is 55.9 Å². The van der Waals surface area contributed by atoms with Crippen LogP contribution in [0.2, 0.25) is 0 Å². The first-order valence-corrected chi connectivity index (χ1v) is 9.84. The summed E-state index contributed by atoms with van der Waals surface area (Å²) in [4.78, 5) is 15.6. The van der Waals surface area contributed by atoms with Gasteiger partial charge in [0.2, 0.25) is 0 Å². The second kappa shape index (κ2) is 7.36. The number of carbonyl (C=O) groups is 1. The predicted molar refractivity (Wildman–Crippen MR) is 102 cm³/mol. The zero-order chi connectivity index (χ0) is 19.9. The van der Waals surface area contributed by atoms with E-state index in [1.807, 2.05) is 18.2 Å². The second-order valence-electron chi connectivity index (χ2n) is 8.10. The van der Waals surface area contributed by atoms with E-state index in [4.69, 9.17) is 0 Å². The largest absolute Gasteiger partial charge is 0.416 e. The summed E-state index contributed by atoms with van der Waals surface area (Å²) in [7, 11) is 0. The van der Waals surface area contributed by atoms with E-state index in [9.17, 15) is 18.0 Å². The maximum Gasteiger partial charge on any atom is 0.416 e. The quantitative estimate of drug-likeness (QED) is 0.633. The number of halogens is 3. The molecule has 2 aliphatic heterocycles. The van der Waals surface area contributed by atoms with Crippen LogP contribution in [0.1, 0.15) is 52.7 Å². The third-order valence-corrected chi connectivity index (χ3v) is 6.28. The highest BCUT2D eigenvalue weighted by atomic mass is 19.4. The molecule has 0 radical (unpaired) electrons. The molecule has 2 aromatic rings. The van der Waals surface area contributed by atoms with Gasteiger partial charge in [-0.1, -0.05) is 36.4 Å². The molecule has 0 saturated carbocycles. The standard InChI is InChI=1S/C23H24F3NO/c1-15-11-18(23(24,25)26)7-10-21(15)22(28)17-12-19-8-9-20(13-17)27(19)14-16-5-3-2-4-6-16/h2-7,10-11,17,19-20H,8-9,12-14H2,1H3. The molecule has 0 N–H and O–H groups in total. The Kier molecular flexibility index (Phi) is 5.04. The van der Waals surface area contributed by atoms with Crippen molar-refractivity contribution >= 4 is 5.78 Å². The molecule has 2 aromatic carbocycles. The summed E-state index contributed by atoms with van der Waals surface area (Å²) in [6, 6.07) is 14.6. The van der Waals surface area contributed by atoms with Gasteiger partial charge in [-0.2, -0.15) is 13.2 Å². The van der Waals surface area contributed by atoms with Gasteiger partial charge < -0.3 is 0 Å². The molecule has 0 aliphatic carbocycles. The Balaban J connectivity index is 1.48. The van der Waals surface area contributed by atoms with E-state index in [0.717, 1.165) is 44.4 Å². The van der Waals surface area contributed by atoms with Gasteiger partial charge in [-0.25, -0.2) is 0 Å². The van der Waals surface area contributed by atoms with Crippen molar-refractivity contribution in [2.75, 3.05) is 0 Å². The highest BCUT2D eigenvalue weighted by Crippen LogP contribution is 2.41. The van der Waals surface area contributed by atoms with E-state index in [1.165, 1.54) is 11.6 Å². The zero-order valence-electron chi connectivity index (χ0n) is 15.9. The normalized spacial score (nSPS) is 25.1. The first kappa shape index (κ1) is 19.2. The van der Waals surface area contributed by atoms with Crippen LogP contribution in [0.3, 0.4) is 0 Å². The Hall–Kier alpha value is -2.14. The van der Waals surface area contributed by atoms with Gasteiger partial charge in [0.05, 0.1) is 5.56 Å². The highest BCUT2D eigenvalue weighted by molar-refractivity contribution is 5.99. The number of hydrogen-bond acceptors (Lipinski definition) is 2. The summed E-state index contributed by atoms with van der Waals surface area (Å²) in [6.45, 7) is 2.50. The summed E-state index contributed by atoms with van der Waals surface area (Å²) < 4.78 is 38.7. The first-order chi connectivity index (χ1) is 13.3. The lowest BCUT2D eigenvalue weighted by Gasteiger charge is -2.38. The molecule has 0 aromatic heterocycles. The van der Waals surface area contributed by atoms with Crippen LogP contribution in [-0.2, 0) is 12.7 Å². The van der Waals surface area contributed by atoms with Gasteiger partial charge in [0.1, 0.15) is 0 Å². The molecule has 2 fully saturated rings. The highest BCUT2D eigenvalue weighted by Gasteiger charge is 2.43. The third kappa shape index (κ3) is 3.72. The van der Waals surface area contributed by atoms with Crippen LogP contribution in [0, 0.1) is 12.8 Å². The molecule has 2 saturated heterocycles. The van der Waals surface area contributed by atoms with Crippen LogP contribution in [0.15, 0.2) is 48.5 Å². The number of fused-ring (bicyclic) bond motifs is 2. The van der Waals surface area contributed by atoms with Gasteiger partial charge in [-0.3, -0.25) is 9.69 Å². The van der Waals surface area contributed by atoms with Crippen molar-refractivity contribution in [3.05, 3.63) is 70.8 Å². The molecule has 0 amide bonds. The number of alkyl halides is 3. The fourth-order valence-electron chi connectivity index (χ4n) is 4.88. The van der Waals surface area contributed by atoms with E-state index >= 15 is 0 Å². The second-order valence-corrected chi connectivity index (χ2v) is 8.10. The van der Waals surface area contributed by atoms with Crippen molar-refractivity contribution in [2.24, 2.45) is 5.92 Å². The minimum absolute atomic E-state index is 0.00230. The number of rotatable bonds is 4. The smallest absolute Gasteiger partial charge is 0.294 e. The molecule has 2 unspecified atom stereocenters. The number of piperidine rings is 1. The molecule has 2 atom stereocenters. The lowest BCUT2D eigenvalue weighted by molar-refractivity contribution is -0.137. The summed E-state index contributed by atoms with van der Waals surface area (Å²) >= 11 is 0. The summed E-state index contributed by atoms with van der Waals surface area (Å²) in [5, 5.41) is 0. The number of benzene rings is 2. The molecule has 28 heavy (non-hydrogen) atoms. The van der Waals surface area contributed by atoms with Crippen molar-refractivity contribution in [3.63, 3.8) is 0 Å². The van der Waals surface area contributed by atoms with Crippen molar-refractivity contribution in [2.45, 2.75) is 57.4 Å². The van der Waals surface area contributed by atoms with Gasteiger partial charge in [-0.15, -0.1) is 0 Å². The average molecular weight is 387 g/mol. The van der Waals surface area contributed by atoms with Gasteiger partial charge in [0.25, 0.3) is 0 Å². The Morgan fingerprint density at radius 1 is 1.04 bits per heavy atom. The number of nitrogens with zero attached hydrogens (tertiary/aromatic N) is 1. The molecule has 148 valence electrons. The first-order valence-electron chi connectivity index (χ1n) is 9.84. The number of Topliss-reactive ketones (excluding diaryl/α,β-unsaturated/α-hetero) is 1. The Bertz CT molecular complexity index is 848. The van der Waals surface area contributed by atoms with Crippen LogP contribution in [0.25, 0.3) is 0 Å². The van der Waals surface area contributed by atoms with E-state index in [2.05, 4.69) is 17.0 Å². The van der Waals surface area contributed by atoms with Crippen LogP contribution in [-0.4, -0.2) is 22.8 Å². The summed E-state index contributed by atoms with van der Waals surface area (Å²) in [5.41, 5.74) is 1.44. The van der Waals surface area contributed by atoms with Crippen molar-refractivity contribution in [1.29, 1.82) is 0 Å². The van der Waals surface area contributed by atoms with Gasteiger partial charge in [0.15, 0.2) is 5.78 Å². The number of ketones is 1. The molecule has 2 heterocycles. The molecular weight excluding hydrogens is 363 g/mol. The van der Waals surface area contributed by atoms with E-state index in [-0.39, 0.29) is 11.7 Å². The van der Waals surface area contributed by atoms with Crippen LogP contribution in [0.4, 0.5) is 13.2 Å². The monoisotopic (exact) mass is 387 g/mol. The molecule has 2 aliphatic rings. The van der Waals surface area contributed by atoms with Gasteiger partial charge >= 0.3 is 6.18 Å². The molecular formula is C23H24F3NO. The lowest BCUT2D eigenvalue weighted by Crippen LogP contribution is -2.44. The van der Waals surface area contributed by atoms with Gasteiger partial charge in [0, 0.05) is 30.1 Å². The van der Waals surface area contributed by atoms with Crippen LogP contribution in [0.5, 0.6) is 0 Å². The molecule has 4 rings (SSSR count). The molecule has 0 spiro atoms. The zero-order valence-corrected chi connectivity index (χ0v) is 15.9. The van der Waals surface area contributed by atoms with Crippen LogP contribution < -0.4 is 0 Å². The Labute approximate surface area is 163 Å². The minimum atomic E-state index is -4.38. The maximum atomic E-state index is 13.1. The minimum Gasteiger partial charge on any atom is -0.294 e. The molecule has 2 nitrogen and oxygen atoms in total. The molecule has 5 heteroatoms. The number of carbonyl (C=O) groups excluding carboxylic acids is 1. The lowest BCUT2D eigenvalue weighted by atomic mass is 9.83. The van der Waals surface area contributed by atoms with E-state index < -0.39 is 11.7 Å². The Morgan fingerprint density at radius 3 is 2.25 bits per heavy atom. The Morgan fingerprint density at radius 2 is 1.68 bits per heavy atom. The third-order valence-electron chi connectivity index (χ3n) is 6.28. The van der Waals surface area contributed by atoms with Crippen molar-refractivity contribution in [1.82, 2.24) is 4.90 Å². The van der Waals surface area contributed by atoms with Crippen molar-refractivity contribution in [3.8, 4) is 0 Å². The average Bonchev–Trinajstić information content (AvgIpc) is 2.89. The topological polar surface area (TPSA) is 20.3 Å².